The molecule has 1 aliphatic rings. The maximum Gasteiger partial charge on any atom is 0.154 e. The fourth-order valence-corrected chi connectivity index (χ4v) is 2.61. The Bertz CT molecular complexity index is 729. The van der Waals surface area contributed by atoms with Crippen LogP contribution in [0.5, 0.6) is 0 Å². The number of aromatic nitrogens is 3. The second-order valence-corrected chi connectivity index (χ2v) is 5.18. The molecular formula is C15H16N4O2. The van der Waals surface area contributed by atoms with Gasteiger partial charge in [0.2, 0.25) is 0 Å². The summed E-state index contributed by atoms with van der Waals surface area (Å²) in [5.41, 5.74) is 2.72. The molecule has 0 saturated carbocycles. The van der Waals surface area contributed by atoms with E-state index in [9.17, 15) is 0 Å². The molecule has 3 aromatic heterocycles. The third-order valence-corrected chi connectivity index (χ3v) is 3.75. The lowest BCUT2D eigenvalue weighted by Gasteiger charge is -2.23. The molecule has 0 aromatic carbocycles. The van der Waals surface area contributed by atoms with E-state index in [1.165, 1.54) is 0 Å². The summed E-state index contributed by atoms with van der Waals surface area (Å²) in [6, 6.07) is 6.27. The van der Waals surface area contributed by atoms with Crippen LogP contribution < -0.4 is 5.32 Å². The summed E-state index contributed by atoms with van der Waals surface area (Å²) in [4.78, 5) is 4.37. The summed E-state index contributed by atoms with van der Waals surface area (Å²) in [5, 5.41) is 8.12. The number of nitrogens with one attached hydrogen (secondary N) is 1. The summed E-state index contributed by atoms with van der Waals surface area (Å²) >= 11 is 0. The third kappa shape index (κ3) is 2.38. The molecule has 1 saturated heterocycles. The van der Waals surface area contributed by atoms with E-state index in [0.717, 1.165) is 48.8 Å². The summed E-state index contributed by atoms with van der Waals surface area (Å²) in [6.45, 7) is 1.62. The highest BCUT2D eigenvalue weighted by molar-refractivity contribution is 5.62. The minimum Gasteiger partial charge on any atom is -0.472 e. The van der Waals surface area contributed by atoms with Crippen LogP contribution in [-0.2, 0) is 4.74 Å². The van der Waals surface area contributed by atoms with Gasteiger partial charge in [0.05, 0.1) is 24.4 Å². The molecule has 1 aliphatic heterocycles. The van der Waals surface area contributed by atoms with Crippen molar-refractivity contribution in [1.29, 1.82) is 0 Å². The molecule has 0 aliphatic carbocycles. The molecule has 0 spiro atoms. The Hall–Kier alpha value is -2.34. The van der Waals surface area contributed by atoms with Gasteiger partial charge in [-0.2, -0.15) is 0 Å². The van der Waals surface area contributed by atoms with E-state index in [0.29, 0.717) is 6.04 Å². The maximum absolute atomic E-state index is 5.38. The van der Waals surface area contributed by atoms with Crippen LogP contribution in [0.3, 0.4) is 0 Å². The molecule has 4 heterocycles. The van der Waals surface area contributed by atoms with Gasteiger partial charge in [0, 0.05) is 24.8 Å². The number of hydrogen-bond donors (Lipinski definition) is 1. The lowest BCUT2D eigenvalue weighted by atomic mass is 10.1. The average Bonchev–Trinajstić information content (AvgIpc) is 3.16. The van der Waals surface area contributed by atoms with Crippen molar-refractivity contribution in [1.82, 2.24) is 14.6 Å². The van der Waals surface area contributed by atoms with Gasteiger partial charge in [-0.25, -0.2) is 9.50 Å². The maximum atomic E-state index is 5.38. The molecule has 4 rings (SSSR count). The summed E-state index contributed by atoms with van der Waals surface area (Å²) in [5.74, 6) is 0.858. The molecule has 3 aromatic rings. The van der Waals surface area contributed by atoms with Gasteiger partial charge >= 0.3 is 0 Å². The van der Waals surface area contributed by atoms with Gasteiger partial charge in [0.25, 0.3) is 0 Å². The first kappa shape index (κ1) is 12.4. The first-order valence-electron chi connectivity index (χ1n) is 7.12. The first-order chi connectivity index (χ1) is 10.4. The smallest absolute Gasteiger partial charge is 0.154 e. The Kier molecular flexibility index (Phi) is 3.08. The van der Waals surface area contributed by atoms with Crippen LogP contribution in [-0.4, -0.2) is 33.9 Å². The summed E-state index contributed by atoms with van der Waals surface area (Å²) in [6.07, 6.45) is 7.18. The monoisotopic (exact) mass is 284 g/mol. The molecule has 6 heteroatoms. The van der Waals surface area contributed by atoms with Crippen LogP contribution in [0.4, 0.5) is 5.82 Å². The predicted octanol–water partition coefficient (Wildman–Crippen LogP) is 2.58. The number of nitrogens with zero attached hydrogens (tertiary/aromatic N) is 3. The van der Waals surface area contributed by atoms with Gasteiger partial charge in [-0.15, -0.1) is 5.10 Å². The third-order valence-electron chi connectivity index (χ3n) is 3.75. The highest BCUT2D eigenvalue weighted by atomic mass is 16.5. The number of hydrogen-bond acceptors (Lipinski definition) is 5. The van der Waals surface area contributed by atoms with Gasteiger partial charge in [0.1, 0.15) is 5.82 Å². The lowest BCUT2D eigenvalue weighted by molar-refractivity contribution is 0.0903. The van der Waals surface area contributed by atoms with E-state index in [1.807, 2.05) is 28.9 Å². The average molecular weight is 284 g/mol. The molecule has 6 nitrogen and oxygen atoms in total. The number of ether oxygens (including phenoxy) is 1. The molecule has 21 heavy (non-hydrogen) atoms. The quantitative estimate of drug-likeness (QED) is 0.801. The number of rotatable bonds is 3. The highest BCUT2D eigenvalue weighted by Crippen LogP contribution is 2.21. The van der Waals surface area contributed by atoms with Gasteiger partial charge in [-0.3, -0.25) is 0 Å². The van der Waals surface area contributed by atoms with Crippen LogP contribution in [0, 0.1) is 0 Å². The van der Waals surface area contributed by atoms with Crippen molar-refractivity contribution in [2.45, 2.75) is 18.9 Å². The Balaban J connectivity index is 1.66. The minimum absolute atomic E-state index is 0.421. The van der Waals surface area contributed by atoms with E-state index in [2.05, 4.69) is 15.4 Å². The molecule has 0 bridgehead atoms. The normalized spacial score (nSPS) is 16.4. The van der Waals surface area contributed by atoms with Crippen LogP contribution in [0.15, 0.2) is 41.3 Å². The van der Waals surface area contributed by atoms with Crippen molar-refractivity contribution in [2.75, 3.05) is 18.5 Å². The SMILES string of the molecule is c1cc(-c2cnc3ccc(NC4CCOCC4)nn23)co1. The fraction of sp³-hybridized carbons (Fsp3) is 0.333. The van der Waals surface area contributed by atoms with E-state index < -0.39 is 0 Å². The molecule has 0 amide bonds. The van der Waals surface area contributed by atoms with Crippen molar-refractivity contribution in [3.05, 3.63) is 36.9 Å². The number of imidazole rings is 1. The molecule has 1 N–H and O–H groups in total. The Morgan fingerprint density at radius 2 is 2.10 bits per heavy atom. The van der Waals surface area contributed by atoms with Crippen molar-refractivity contribution < 1.29 is 9.15 Å². The molecule has 0 radical (unpaired) electrons. The zero-order valence-corrected chi connectivity index (χ0v) is 11.5. The standard InChI is InChI=1S/C15H16N4O2/c1-2-15-16-9-13(11-3-6-21-10-11)19(15)18-14(1)17-12-4-7-20-8-5-12/h1-3,6,9-10,12H,4-5,7-8H2,(H,17,18). The number of fused-ring (bicyclic) bond motifs is 1. The molecule has 0 atom stereocenters. The molecule has 0 unspecified atom stereocenters. The Labute approximate surface area is 121 Å². The van der Waals surface area contributed by atoms with Crippen LogP contribution in [0.25, 0.3) is 16.9 Å². The first-order valence-corrected chi connectivity index (χ1v) is 7.12. The number of anilines is 1. The van der Waals surface area contributed by atoms with Gasteiger partial charge in [-0.1, -0.05) is 0 Å². The predicted molar refractivity (Wildman–Crippen MR) is 78.2 cm³/mol. The van der Waals surface area contributed by atoms with Crippen LogP contribution in [0.1, 0.15) is 12.8 Å². The summed E-state index contributed by atoms with van der Waals surface area (Å²) in [7, 11) is 0. The van der Waals surface area contributed by atoms with E-state index >= 15 is 0 Å². The van der Waals surface area contributed by atoms with Crippen molar-refractivity contribution in [3.63, 3.8) is 0 Å². The number of furan rings is 1. The largest absolute Gasteiger partial charge is 0.472 e. The van der Waals surface area contributed by atoms with Crippen molar-refractivity contribution >= 4 is 11.5 Å². The molecule has 1 fully saturated rings. The minimum atomic E-state index is 0.421. The molecular weight excluding hydrogens is 268 g/mol. The zero-order chi connectivity index (χ0) is 14.1. The van der Waals surface area contributed by atoms with Crippen LogP contribution >= 0.6 is 0 Å². The summed E-state index contributed by atoms with van der Waals surface area (Å²) < 4.78 is 12.4. The topological polar surface area (TPSA) is 64.6 Å². The molecule has 108 valence electrons. The van der Waals surface area contributed by atoms with Crippen LogP contribution in [0.2, 0.25) is 0 Å². The Morgan fingerprint density at radius 3 is 2.90 bits per heavy atom. The second-order valence-electron chi connectivity index (χ2n) is 5.18. The van der Waals surface area contributed by atoms with Gasteiger partial charge < -0.3 is 14.5 Å². The van der Waals surface area contributed by atoms with E-state index in [1.54, 1.807) is 12.5 Å². The zero-order valence-electron chi connectivity index (χ0n) is 11.5. The van der Waals surface area contributed by atoms with E-state index in [4.69, 9.17) is 9.15 Å². The lowest BCUT2D eigenvalue weighted by Crippen LogP contribution is -2.28. The van der Waals surface area contributed by atoms with Crippen molar-refractivity contribution in [3.8, 4) is 11.3 Å². The van der Waals surface area contributed by atoms with Crippen molar-refractivity contribution in [2.24, 2.45) is 0 Å². The van der Waals surface area contributed by atoms with Gasteiger partial charge in [-0.05, 0) is 31.0 Å². The van der Waals surface area contributed by atoms with Gasteiger partial charge in [0.15, 0.2) is 5.65 Å². The fourth-order valence-electron chi connectivity index (χ4n) is 2.61. The highest BCUT2D eigenvalue weighted by Gasteiger charge is 2.15. The Morgan fingerprint density at radius 1 is 1.19 bits per heavy atom. The second kappa shape index (κ2) is 5.21. The van der Waals surface area contributed by atoms with E-state index in [-0.39, 0.29) is 0 Å².